The topological polar surface area (TPSA) is 37.8 Å². The van der Waals surface area contributed by atoms with Gasteiger partial charge in [0.05, 0.1) is 5.75 Å². The van der Waals surface area contributed by atoms with E-state index in [9.17, 15) is 0 Å². The highest BCUT2D eigenvalue weighted by molar-refractivity contribution is 7.99. The summed E-state index contributed by atoms with van der Waals surface area (Å²) < 4.78 is 0. The quantitative estimate of drug-likeness (QED) is 0.857. The first kappa shape index (κ1) is 13.3. The minimum atomic E-state index is 0.619. The van der Waals surface area contributed by atoms with E-state index in [0.717, 1.165) is 29.5 Å². The summed E-state index contributed by atoms with van der Waals surface area (Å²) >= 11 is 1.88. The third-order valence-electron chi connectivity index (χ3n) is 2.41. The van der Waals surface area contributed by atoms with E-state index in [4.69, 9.17) is 0 Å². The zero-order valence-corrected chi connectivity index (χ0v) is 11.6. The predicted molar refractivity (Wildman–Crippen MR) is 72.1 cm³/mol. The first-order valence-electron chi connectivity index (χ1n) is 5.74. The molecule has 4 heteroatoms. The molecule has 0 bridgehead atoms. The summed E-state index contributed by atoms with van der Waals surface area (Å²) in [5, 5.41) is 3.76. The van der Waals surface area contributed by atoms with Gasteiger partial charge in [0.2, 0.25) is 0 Å². The number of rotatable bonds is 5. The van der Waals surface area contributed by atoms with Crippen molar-refractivity contribution >= 4 is 17.6 Å². The number of aromatic nitrogens is 2. The van der Waals surface area contributed by atoms with Crippen molar-refractivity contribution in [3.05, 3.63) is 17.1 Å². The van der Waals surface area contributed by atoms with Crippen molar-refractivity contribution in [1.82, 2.24) is 9.97 Å². The van der Waals surface area contributed by atoms with Gasteiger partial charge >= 0.3 is 0 Å². The molecule has 0 fully saturated rings. The Morgan fingerprint density at radius 3 is 2.50 bits per heavy atom. The molecule has 0 amide bonds. The van der Waals surface area contributed by atoms with Crippen LogP contribution in [0, 0.1) is 6.92 Å². The third-order valence-corrected chi connectivity index (χ3v) is 3.50. The number of nitrogens with one attached hydrogen (secondary N) is 1. The van der Waals surface area contributed by atoms with Gasteiger partial charge < -0.3 is 5.32 Å². The van der Waals surface area contributed by atoms with Crippen LogP contribution in [0.1, 0.15) is 37.9 Å². The van der Waals surface area contributed by atoms with Crippen LogP contribution in [-0.2, 0) is 12.2 Å². The second-order valence-electron chi connectivity index (χ2n) is 4.02. The largest absolute Gasteiger partial charge is 0.373 e. The van der Waals surface area contributed by atoms with Gasteiger partial charge in [0.15, 0.2) is 0 Å². The summed E-state index contributed by atoms with van der Waals surface area (Å²) in [4.78, 5) is 9.13. The van der Waals surface area contributed by atoms with Gasteiger partial charge in [-0.15, -0.1) is 0 Å². The minimum absolute atomic E-state index is 0.619. The Kier molecular flexibility index (Phi) is 5.06. The Hall–Kier alpha value is -0.770. The molecule has 0 aliphatic rings. The van der Waals surface area contributed by atoms with E-state index in [1.807, 2.05) is 18.8 Å². The molecule has 0 atom stereocenters. The molecule has 1 N–H and O–H groups in total. The average molecular weight is 239 g/mol. The first-order chi connectivity index (χ1) is 7.58. The Labute approximate surface area is 102 Å². The smallest absolute Gasteiger partial charge is 0.140 e. The van der Waals surface area contributed by atoms with Gasteiger partial charge in [-0.1, -0.05) is 20.8 Å². The van der Waals surface area contributed by atoms with Crippen LogP contribution in [0.3, 0.4) is 0 Å². The van der Waals surface area contributed by atoms with E-state index in [2.05, 4.69) is 43.0 Å². The maximum Gasteiger partial charge on any atom is 0.140 e. The van der Waals surface area contributed by atoms with Crippen molar-refractivity contribution in [2.45, 2.75) is 45.1 Å². The summed E-state index contributed by atoms with van der Waals surface area (Å²) in [5.41, 5.74) is 2.32. The molecular formula is C12H21N3S. The van der Waals surface area contributed by atoms with E-state index in [1.165, 1.54) is 5.56 Å². The number of hydrogen-bond acceptors (Lipinski definition) is 4. The lowest BCUT2D eigenvalue weighted by atomic mass is 10.2. The molecular weight excluding hydrogens is 218 g/mol. The molecule has 90 valence electrons. The Balaban J connectivity index is 2.93. The molecule has 0 aromatic carbocycles. The predicted octanol–water partition coefficient (Wildman–Crippen LogP) is 3.03. The van der Waals surface area contributed by atoms with E-state index in [0.29, 0.717) is 5.25 Å². The summed E-state index contributed by atoms with van der Waals surface area (Å²) in [6.45, 7) is 8.59. The zero-order valence-electron chi connectivity index (χ0n) is 10.8. The van der Waals surface area contributed by atoms with Gasteiger partial charge in [-0.2, -0.15) is 11.8 Å². The van der Waals surface area contributed by atoms with Crippen LogP contribution in [0.5, 0.6) is 0 Å². The van der Waals surface area contributed by atoms with Crippen molar-refractivity contribution in [3.8, 4) is 0 Å². The van der Waals surface area contributed by atoms with Crippen LogP contribution < -0.4 is 5.32 Å². The average Bonchev–Trinajstić information content (AvgIpc) is 2.27. The lowest BCUT2D eigenvalue weighted by Crippen LogP contribution is -2.07. The molecule has 0 aliphatic heterocycles. The number of aryl methyl sites for hydroxylation is 1. The number of anilines is 1. The Morgan fingerprint density at radius 2 is 2.00 bits per heavy atom. The standard InChI is InChI=1S/C12H21N3S/c1-6-10-9(4)12(13-5)15-11(14-10)7-16-8(2)3/h8H,6-7H2,1-5H3,(H,13,14,15). The van der Waals surface area contributed by atoms with E-state index < -0.39 is 0 Å². The summed E-state index contributed by atoms with van der Waals surface area (Å²) in [5.74, 6) is 2.79. The fourth-order valence-electron chi connectivity index (χ4n) is 1.51. The molecule has 16 heavy (non-hydrogen) atoms. The van der Waals surface area contributed by atoms with Gasteiger partial charge in [0, 0.05) is 18.3 Å². The van der Waals surface area contributed by atoms with Crippen molar-refractivity contribution < 1.29 is 0 Å². The number of hydrogen-bond donors (Lipinski definition) is 1. The van der Waals surface area contributed by atoms with E-state index in [-0.39, 0.29) is 0 Å². The van der Waals surface area contributed by atoms with Gasteiger partial charge in [-0.25, -0.2) is 9.97 Å². The Bertz CT molecular complexity index is 325. The SMILES string of the molecule is CCc1nc(CSC(C)C)nc(NC)c1C. The first-order valence-corrected chi connectivity index (χ1v) is 6.79. The monoisotopic (exact) mass is 239 g/mol. The molecule has 1 heterocycles. The van der Waals surface area contributed by atoms with Gasteiger partial charge in [0.1, 0.15) is 11.6 Å². The summed E-state index contributed by atoms with van der Waals surface area (Å²) in [7, 11) is 1.91. The molecule has 0 aliphatic carbocycles. The lowest BCUT2D eigenvalue weighted by Gasteiger charge is -2.11. The fourth-order valence-corrected chi connectivity index (χ4v) is 2.12. The second kappa shape index (κ2) is 6.09. The fraction of sp³-hybridized carbons (Fsp3) is 0.667. The maximum absolute atomic E-state index is 4.60. The van der Waals surface area contributed by atoms with Gasteiger partial charge in [-0.3, -0.25) is 0 Å². The summed E-state index contributed by atoms with van der Waals surface area (Å²) in [6.07, 6.45) is 0.961. The second-order valence-corrected chi connectivity index (χ2v) is 5.59. The Morgan fingerprint density at radius 1 is 1.31 bits per heavy atom. The molecule has 1 aromatic rings. The molecule has 0 unspecified atom stereocenters. The number of thioether (sulfide) groups is 1. The van der Waals surface area contributed by atoms with Crippen LogP contribution in [-0.4, -0.2) is 22.3 Å². The highest BCUT2D eigenvalue weighted by atomic mass is 32.2. The molecule has 0 saturated heterocycles. The molecule has 1 rings (SSSR count). The highest BCUT2D eigenvalue weighted by Gasteiger charge is 2.09. The number of nitrogens with zero attached hydrogens (tertiary/aromatic N) is 2. The van der Waals surface area contributed by atoms with Crippen LogP contribution in [0.15, 0.2) is 0 Å². The minimum Gasteiger partial charge on any atom is -0.373 e. The van der Waals surface area contributed by atoms with Crippen molar-refractivity contribution in [3.63, 3.8) is 0 Å². The van der Waals surface area contributed by atoms with Crippen LogP contribution in [0.2, 0.25) is 0 Å². The van der Waals surface area contributed by atoms with E-state index in [1.54, 1.807) is 0 Å². The van der Waals surface area contributed by atoms with Crippen LogP contribution in [0.25, 0.3) is 0 Å². The highest BCUT2D eigenvalue weighted by Crippen LogP contribution is 2.20. The maximum atomic E-state index is 4.60. The van der Waals surface area contributed by atoms with E-state index >= 15 is 0 Å². The van der Waals surface area contributed by atoms with Crippen molar-refractivity contribution in [2.75, 3.05) is 12.4 Å². The van der Waals surface area contributed by atoms with Gasteiger partial charge in [-0.05, 0) is 18.6 Å². The third kappa shape index (κ3) is 3.37. The van der Waals surface area contributed by atoms with Crippen LogP contribution in [0.4, 0.5) is 5.82 Å². The molecule has 0 radical (unpaired) electrons. The van der Waals surface area contributed by atoms with Crippen LogP contribution >= 0.6 is 11.8 Å². The molecule has 0 saturated carbocycles. The van der Waals surface area contributed by atoms with Crippen molar-refractivity contribution in [2.24, 2.45) is 0 Å². The zero-order chi connectivity index (χ0) is 12.1. The lowest BCUT2D eigenvalue weighted by molar-refractivity contribution is 0.918. The van der Waals surface area contributed by atoms with Gasteiger partial charge in [0.25, 0.3) is 0 Å². The van der Waals surface area contributed by atoms with Crippen molar-refractivity contribution in [1.29, 1.82) is 0 Å². The summed E-state index contributed by atoms with van der Waals surface area (Å²) in [6, 6.07) is 0. The molecule has 0 spiro atoms. The normalized spacial score (nSPS) is 10.9. The molecule has 1 aromatic heterocycles. The molecule has 3 nitrogen and oxygen atoms in total.